The molecule has 2 atom stereocenters. The van der Waals surface area contributed by atoms with Gasteiger partial charge in [0, 0.05) is 11.9 Å². The molecule has 2 aromatic rings. The van der Waals surface area contributed by atoms with Crippen LogP contribution in [0.4, 0.5) is 0 Å². The van der Waals surface area contributed by atoms with Crippen LogP contribution in [0.25, 0.3) is 10.8 Å². The molecule has 6 nitrogen and oxygen atoms in total. The van der Waals surface area contributed by atoms with Crippen LogP contribution in [0.3, 0.4) is 0 Å². The van der Waals surface area contributed by atoms with Crippen molar-refractivity contribution >= 4 is 34.4 Å². The van der Waals surface area contributed by atoms with Crippen molar-refractivity contribution in [2.45, 2.75) is 13.0 Å². The summed E-state index contributed by atoms with van der Waals surface area (Å²) in [4.78, 5) is 19.1. The number of fused-ring (bicyclic) bond motifs is 1. The molecule has 0 spiro atoms. The highest BCUT2D eigenvalue weighted by Crippen LogP contribution is 2.23. The number of aliphatic imine (C=N–C) groups is 1. The Morgan fingerprint density at radius 2 is 2.32 bits per heavy atom. The first-order valence-electron chi connectivity index (χ1n) is 6.52. The Morgan fingerprint density at radius 3 is 2.95 bits per heavy atom. The summed E-state index contributed by atoms with van der Waals surface area (Å²) in [6, 6.07) is 8.39. The number of nitrogens with two attached hydrogens (primary N) is 1. The highest BCUT2D eigenvalue weighted by atomic mass is 35.5. The third-order valence-electron chi connectivity index (χ3n) is 3.26. The molecular weight excluding hydrogens is 302 g/mol. The van der Waals surface area contributed by atoms with Gasteiger partial charge in [0.2, 0.25) is 0 Å². The van der Waals surface area contributed by atoms with Crippen LogP contribution in [0.15, 0.2) is 34.1 Å². The number of hydrogen-bond donors (Lipinski definition) is 3. The molecule has 1 aromatic heterocycles. The fourth-order valence-electron chi connectivity index (χ4n) is 2.09. The molecule has 0 saturated heterocycles. The summed E-state index contributed by atoms with van der Waals surface area (Å²) in [5.74, 6) is -0.832. The lowest BCUT2D eigenvalue weighted by Gasteiger charge is -2.11. The van der Waals surface area contributed by atoms with Crippen LogP contribution in [0.1, 0.15) is 18.7 Å². The number of nitriles is 1. The second kappa shape index (κ2) is 6.41. The van der Waals surface area contributed by atoms with Crippen LogP contribution in [0, 0.1) is 22.7 Å². The molecule has 112 valence electrons. The minimum Gasteiger partial charge on any atom is -0.386 e. The molecule has 22 heavy (non-hydrogen) atoms. The van der Waals surface area contributed by atoms with E-state index in [2.05, 4.69) is 9.98 Å². The van der Waals surface area contributed by atoms with Gasteiger partial charge in [0.25, 0.3) is 5.56 Å². The van der Waals surface area contributed by atoms with Crippen molar-refractivity contribution in [3.05, 3.63) is 45.3 Å². The van der Waals surface area contributed by atoms with Crippen molar-refractivity contribution in [3.8, 4) is 6.07 Å². The van der Waals surface area contributed by atoms with E-state index in [1.807, 2.05) is 6.07 Å². The lowest BCUT2D eigenvalue weighted by molar-refractivity contribution is 0.774. The Hall–Kier alpha value is -2.65. The third-order valence-corrected chi connectivity index (χ3v) is 3.57. The zero-order valence-corrected chi connectivity index (χ0v) is 12.6. The van der Waals surface area contributed by atoms with Gasteiger partial charge in [-0.05, 0) is 24.4 Å². The second-order valence-corrected chi connectivity index (χ2v) is 5.17. The highest BCUT2D eigenvalue weighted by molar-refractivity contribution is 6.35. The van der Waals surface area contributed by atoms with Crippen molar-refractivity contribution in [3.63, 3.8) is 0 Å². The molecule has 0 bridgehead atoms. The van der Waals surface area contributed by atoms with Crippen molar-refractivity contribution in [2.24, 2.45) is 16.6 Å². The van der Waals surface area contributed by atoms with Crippen LogP contribution in [0.5, 0.6) is 0 Å². The van der Waals surface area contributed by atoms with Gasteiger partial charge in [0.15, 0.2) is 0 Å². The monoisotopic (exact) mass is 315 g/mol. The highest BCUT2D eigenvalue weighted by Gasteiger charge is 2.13. The van der Waals surface area contributed by atoms with Crippen molar-refractivity contribution in [2.75, 3.05) is 0 Å². The molecule has 7 heteroatoms. The number of hydrogen-bond acceptors (Lipinski definition) is 4. The topological polar surface area (TPSA) is 119 Å². The maximum absolute atomic E-state index is 12.1. The van der Waals surface area contributed by atoms with Crippen LogP contribution >= 0.6 is 11.6 Å². The van der Waals surface area contributed by atoms with E-state index >= 15 is 0 Å². The van der Waals surface area contributed by atoms with Crippen molar-refractivity contribution in [1.82, 2.24) is 4.98 Å². The number of halogens is 1. The summed E-state index contributed by atoms with van der Waals surface area (Å²) in [6.45, 7) is 1.74. The zero-order valence-electron chi connectivity index (χ0n) is 11.8. The average molecular weight is 316 g/mol. The predicted octanol–water partition coefficient (Wildman–Crippen LogP) is 2.39. The van der Waals surface area contributed by atoms with Gasteiger partial charge < -0.3 is 16.1 Å². The van der Waals surface area contributed by atoms with Gasteiger partial charge in [0.05, 0.1) is 22.5 Å². The standard InChI is InChI=1S/C15H14ClN5O/c1-8(20-14(19)10(6-17)7-18)12-5-9-3-2-4-11(16)13(9)15(22)21-12/h2-6,8,10,17H,1H3,(H2,19,20)(H,21,22). The molecule has 1 aromatic carbocycles. The summed E-state index contributed by atoms with van der Waals surface area (Å²) in [7, 11) is 0. The van der Waals surface area contributed by atoms with Gasteiger partial charge in [-0.1, -0.05) is 23.7 Å². The van der Waals surface area contributed by atoms with E-state index < -0.39 is 12.0 Å². The number of amidine groups is 1. The quantitative estimate of drug-likeness (QED) is 0.593. The Labute approximate surface area is 131 Å². The molecule has 0 aliphatic heterocycles. The third kappa shape index (κ3) is 3.00. The maximum atomic E-state index is 12.1. The van der Waals surface area contributed by atoms with Crippen LogP contribution < -0.4 is 11.3 Å². The molecule has 1 heterocycles. The largest absolute Gasteiger partial charge is 0.386 e. The molecule has 0 radical (unpaired) electrons. The number of rotatable bonds is 4. The normalized spacial score (nSPS) is 14.3. The minimum atomic E-state index is -0.871. The van der Waals surface area contributed by atoms with E-state index in [1.165, 1.54) is 0 Å². The van der Waals surface area contributed by atoms with E-state index in [0.717, 1.165) is 6.21 Å². The molecule has 0 aliphatic rings. The van der Waals surface area contributed by atoms with Gasteiger partial charge in [-0.2, -0.15) is 5.26 Å². The molecule has 0 saturated carbocycles. The van der Waals surface area contributed by atoms with E-state index in [9.17, 15) is 4.79 Å². The Kier molecular flexibility index (Phi) is 4.59. The summed E-state index contributed by atoms with van der Waals surface area (Å²) in [5, 5.41) is 17.5. The fraction of sp³-hybridized carbons (Fsp3) is 0.200. The van der Waals surface area contributed by atoms with Crippen molar-refractivity contribution < 1.29 is 0 Å². The number of benzene rings is 1. The number of nitrogens with one attached hydrogen (secondary N) is 2. The van der Waals surface area contributed by atoms with Gasteiger partial charge in [-0.15, -0.1) is 0 Å². The number of pyridine rings is 1. The molecule has 0 aliphatic carbocycles. The number of nitrogens with zero attached hydrogens (tertiary/aromatic N) is 2. The average Bonchev–Trinajstić information content (AvgIpc) is 2.48. The smallest absolute Gasteiger partial charge is 0.257 e. The number of H-pyrrole nitrogens is 1. The lowest BCUT2D eigenvalue weighted by Crippen LogP contribution is -2.24. The first kappa shape index (κ1) is 15.7. The van der Waals surface area contributed by atoms with E-state index in [-0.39, 0.29) is 11.4 Å². The van der Waals surface area contributed by atoms with Gasteiger partial charge in [0.1, 0.15) is 11.8 Å². The molecule has 4 N–H and O–H groups in total. The Bertz CT molecular complexity index is 849. The molecule has 0 fully saturated rings. The summed E-state index contributed by atoms with van der Waals surface area (Å²) in [6.07, 6.45) is 0.925. The van der Waals surface area contributed by atoms with Crippen molar-refractivity contribution in [1.29, 1.82) is 10.7 Å². The summed E-state index contributed by atoms with van der Waals surface area (Å²) >= 11 is 6.03. The fourth-order valence-corrected chi connectivity index (χ4v) is 2.35. The van der Waals surface area contributed by atoms with Crippen LogP contribution in [-0.4, -0.2) is 17.0 Å². The molecule has 2 rings (SSSR count). The van der Waals surface area contributed by atoms with E-state index in [0.29, 0.717) is 21.5 Å². The van der Waals surface area contributed by atoms with Crippen LogP contribution in [-0.2, 0) is 0 Å². The lowest BCUT2D eigenvalue weighted by atomic mass is 10.1. The van der Waals surface area contributed by atoms with Crippen LogP contribution in [0.2, 0.25) is 5.02 Å². The molecular formula is C15H14ClN5O. The first-order valence-corrected chi connectivity index (χ1v) is 6.90. The second-order valence-electron chi connectivity index (χ2n) is 4.76. The minimum absolute atomic E-state index is 0.0389. The number of aromatic amines is 1. The first-order chi connectivity index (χ1) is 10.5. The Morgan fingerprint density at radius 1 is 1.59 bits per heavy atom. The van der Waals surface area contributed by atoms with Gasteiger partial charge in [-0.25, -0.2) is 0 Å². The molecule has 2 unspecified atom stereocenters. The van der Waals surface area contributed by atoms with E-state index in [4.69, 9.17) is 28.0 Å². The number of aromatic nitrogens is 1. The molecule has 0 amide bonds. The predicted molar refractivity (Wildman–Crippen MR) is 87.5 cm³/mol. The summed E-state index contributed by atoms with van der Waals surface area (Å²) in [5.41, 5.74) is 5.97. The maximum Gasteiger partial charge on any atom is 0.257 e. The SMILES string of the molecule is CC(N=C(N)C(C#N)C=N)c1cc2cccc(Cl)c2c(=O)[nH]1. The Balaban J connectivity index is 2.48. The van der Waals surface area contributed by atoms with E-state index in [1.54, 1.807) is 31.2 Å². The zero-order chi connectivity index (χ0) is 16.3. The van der Waals surface area contributed by atoms with Gasteiger partial charge in [-0.3, -0.25) is 9.79 Å². The van der Waals surface area contributed by atoms with Gasteiger partial charge >= 0.3 is 0 Å². The summed E-state index contributed by atoms with van der Waals surface area (Å²) < 4.78 is 0.